The van der Waals surface area contributed by atoms with Gasteiger partial charge in [-0.25, -0.2) is 0 Å². The Morgan fingerprint density at radius 2 is 2.14 bits per heavy atom. The summed E-state index contributed by atoms with van der Waals surface area (Å²) < 4.78 is 9.65. The number of ether oxygens (including phenoxy) is 2. The van der Waals surface area contributed by atoms with Gasteiger partial charge in [-0.2, -0.15) is 0 Å². The number of esters is 1. The number of nitrogens with two attached hydrogens (primary N) is 1. The lowest BCUT2D eigenvalue weighted by Crippen LogP contribution is -2.06. The number of para-hydroxylation sites is 1. The molecule has 0 aliphatic heterocycles. The maximum atomic E-state index is 11.0. The van der Waals surface area contributed by atoms with E-state index < -0.39 is 0 Å². The molecule has 2 N–H and O–H groups in total. The number of carbonyl (C=O) groups excluding carboxylic acids is 1. The molecule has 0 amide bonds. The second-order valence-electron chi connectivity index (χ2n) is 2.79. The second kappa shape index (κ2) is 4.50. The Morgan fingerprint density at radius 3 is 2.71 bits per heavy atom. The predicted octanol–water partition coefficient (Wildman–Crippen LogP) is 0.993. The molecule has 0 atom stereocenters. The summed E-state index contributed by atoms with van der Waals surface area (Å²) in [6.07, 6.45) is 0.171. The van der Waals surface area contributed by atoms with Gasteiger partial charge in [0.25, 0.3) is 0 Å². The first kappa shape index (κ1) is 10.4. The minimum Gasteiger partial charge on any atom is -0.494 e. The number of nitrogen functional groups attached to an aromatic ring is 1. The zero-order chi connectivity index (χ0) is 10.6. The van der Waals surface area contributed by atoms with Crippen molar-refractivity contribution in [2.24, 2.45) is 0 Å². The van der Waals surface area contributed by atoms with Crippen molar-refractivity contribution >= 4 is 11.7 Å². The second-order valence-corrected chi connectivity index (χ2v) is 2.79. The lowest BCUT2D eigenvalue weighted by atomic mass is 10.1. The quantitative estimate of drug-likeness (QED) is 0.577. The van der Waals surface area contributed by atoms with Gasteiger partial charge in [-0.3, -0.25) is 4.79 Å². The van der Waals surface area contributed by atoms with Crippen LogP contribution in [-0.4, -0.2) is 20.2 Å². The van der Waals surface area contributed by atoms with Crippen molar-refractivity contribution in [1.82, 2.24) is 0 Å². The van der Waals surface area contributed by atoms with Crippen LogP contribution in [0, 0.1) is 0 Å². The third kappa shape index (κ3) is 2.16. The third-order valence-corrected chi connectivity index (χ3v) is 1.89. The van der Waals surface area contributed by atoms with Crippen molar-refractivity contribution < 1.29 is 14.3 Å². The molecule has 4 nitrogen and oxygen atoms in total. The van der Waals surface area contributed by atoms with Gasteiger partial charge in [0.15, 0.2) is 0 Å². The molecule has 0 saturated carbocycles. The van der Waals surface area contributed by atoms with Crippen LogP contribution in [0.25, 0.3) is 0 Å². The summed E-state index contributed by atoms with van der Waals surface area (Å²) in [6.45, 7) is 0. The molecule has 1 aromatic carbocycles. The van der Waals surface area contributed by atoms with Crippen LogP contribution < -0.4 is 10.5 Å². The van der Waals surface area contributed by atoms with E-state index in [2.05, 4.69) is 4.74 Å². The molecule has 0 unspecified atom stereocenters. The Bertz CT molecular complexity index is 336. The van der Waals surface area contributed by atoms with Gasteiger partial charge in [-0.05, 0) is 6.07 Å². The molecule has 14 heavy (non-hydrogen) atoms. The van der Waals surface area contributed by atoms with E-state index in [0.717, 1.165) is 5.56 Å². The average Bonchev–Trinajstić information content (AvgIpc) is 2.18. The molecule has 1 rings (SSSR count). The number of carbonyl (C=O) groups is 1. The number of rotatable bonds is 3. The first-order valence-corrected chi connectivity index (χ1v) is 4.17. The highest BCUT2D eigenvalue weighted by Crippen LogP contribution is 2.26. The van der Waals surface area contributed by atoms with E-state index in [0.29, 0.717) is 11.4 Å². The first-order chi connectivity index (χ1) is 6.69. The van der Waals surface area contributed by atoms with E-state index in [1.165, 1.54) is 14.2 Å². The number of benzene rings is 1. The minimum absolute atomic E-state index is 0.171. The molecule has 0 radical (unpaired) electrons. The largest absolute Gasteiger partial charge is 0.494 e. The Hall–Kier alpha value is -1.71. The maximum Gasteiger partial charge on any atom is 0.310 e. The lowest BCUT2D eigenvalue weighted by Gasteiger charge is -2.09. The first-order valence-electron chi connectivity index (χ1n) is 4.17. The van der Waals surface area contributed by atoms with E-state index >= 15 is 0 Å². The normalized spacial score (nSPS) is 9.57. The number of methoxy groups -OCH3 is 2. The van der Waals surface area contributed by atoms with Gasteiger partial charge in [0.2, 0.25) is 0 Å². The van der Waals surface area contributed by atoms with Gasteiger partial charge in [0.05, 0.1) is 26.3 Å². The van der Waals surface area contributed by atoms with Crippen molar-refractivity contribution in [3.63, 3.8) is 0 Å². The molecule has 0 spiro atoms. The van der Waals surface area contributed by atoms with E-state index in [1.807, 2.05) is 0 Å². The fourth-order valence-electron chi connectivity index (χ4n) is 1.22. The number of anilines is 1. The third-order valence-electron chi connectivity index (χ3n) is 1.89. The smallest absolute Gasteiger partial charge is 0.310 e. The Morgan fingerprint density at radius 1 is 1.43 bits per heavy atom. The summed E-state index contributed by atoms with van der Waals surface area (Å²) >= 11 is 0. The SMILES string of the molecule is COC(=O)Cc1cccc(N)c1OC. The molecule has 0 aromatic heterocycles. The molecule has 0 heterocycles. The molecule has 76 valence electrons. The molecule has 0 aliphatic rings. The van der Waals surface area contributed by atoms with Crippen molar-refractivity contribution in [3.8, 4) is 5.75 Å². The Kier molecular flexibility index (Phi) is 3.34. The summed E-state index contributed by atoms with van der Waals surface area (Å²) in [6, 6.07) is 5.28. The van der Waals surface area contributed by atoms with Crippen molar-refractivity contribution in [3.05, 3.63) is 23.8 Å². The molecule has 0 fully saturated rings. The number of hydrogen-bond acceptors (Lipinski definition) is 4. The standard InChI is InChI=1S/C10H13NO3/c1-13-9(12)6-7-4-3-5-8(11)10(7)14-2/h3-5H,6,11H2,1-2H3. The highest BCUT2D eigenvalue weighted by Gasteiger charge is 2.10. The summed E-state index contributed by atoms with van der Waals surface area (Å²) in [4.78, 5) is 11.0. The van der Waals surface area contributed by atoms with Gasteiger partial charge < -0.3 is 15.2 Å². The molecule has 0 aliphatic carbocycles. The highest BCUT2D eigenvalue weighted by atomic mass is 16.5. The van der Waals surface area contributed by atoms with E-state index in [1.54, 1.807) is 18.2 Å². The summed E-state index contributed by atoms with van der Waals surface area (Å²) in [7, 11) is 2.87. The fraction of sp³-hybridized carbons (Fsp3) is 0.300. The zero-order valence-electron chi connectivity index (χ0n) is 8.24. The van der Waals surface area contributed by atoms with Crippen molar-refractivity contribution in [2.75, 3.05) is 20.0 Å². The van der Waals surface area contributed by atoms with Crippen LogP contribution in [0.15, 0.2) is 18.2 Å². The lowest BCUT2D eigenvalue weighted by molar-refractivity contribution is -0.139. The summed E-state index contributed by atoms with van der Waals surface area (Å²) in [5.41, 5.74) is 6.93. The predicted molar refractivity (Wildman–Crippen MR) is 53.1 cm³/mol. The van der Waals surface area contributed by atoms with E-state index in [9.17, 15) is 4.79 Å². The molecule has 0 saturated heterocycles. The van der Waals surface area contributed by atoms with E-state index in [4.69, 9.17) is 10.5 Å². The van der Waals surface area contributed by atoms with Crippen molar-refractivity contribution in [2.45, 2.75) is 6.42 Å². The minimum atomic E-state index is -0.311. The zero-order valence-corrected chi connectivity index (χ0v) is 8.24. The van der Waals surface area contributed by atoms with Crippen molar-refractivity contribution in [1.29, 1.82) is 0 Å². The topological polar surface area (TPSA) is 61.5 Å². The van der Waals surface area contributed by atoms with Crippen LogP contribution in [0.4, 0.5) is 5.69 Å². The maximum absolute atomic E-state index is 11.0. The molecular formula is C10H13NO3. The molecule has 0 bridgehead atoms. The monoisotopic (exact) mass is 195 g/mol. The fourth-order valence-corrected chi connectivity index (χ4v) is 1.22. The van der Waals surface area contributed by atoms with Gasteiger partial charge in [-0.1, -0.05) is 12.1 Å². The highest BCUT2D eigenvalue weighted by molar-refractivity contribution is 5.75. The Labute approximate surface area is 82.6 Å². The van der Waals surface area contributed by atoms with Crippen LogP contribution in [0.1, 0.15) is 5.56 Å². The average molecular weight is 195 g/mol. The van der Waals surface area contributed by atoms with Crippen LogP contribution in [-0.2, 0) is 16.0 Å². The van der Waals surface area contributed by atoms with Gasteiger partial charge in [-0.15, -0.1) is 0 Å². The molecular weight excluding hydrogens is 182 g/mol. The van der Waals surface area contributed by atoms with Crippen LogP contribution in [0.2, 0.25) is 0 Å². The van der Waals surface area contributed by atoms with Gasteiger partial charge >= 0.3 is 5.97 Å². The molecule has 1 aromatic rings. The Balaban J connectivity index is 2.96. The van der Waals surface area contributed by atoms with Gasteiger partial charge in [0.1, 0.15) is 5.75 Å². The van der Waals surface area contributed by atoms with E-state index in [-0.39, 0.29) is 12.4 Å². The van der Waals surface area contributed by atoms with Crippen LogP contribution >= 0.6 is 0 Å². The summed E-state index contributed by atoms with van der Waals surface area (Å²) in [5, 5.41) is 0. The molecule has 4 heteroatoms. The number of hydrogen-bond donors (Lipinski definition) is 1. The summed E-state index contributed by atoms with van der Waals surface area (Å²) in [5.74, 6) is 0.229. The van der Waals surface area contributed by atoms with Crippen LogP contribution in [0.3, 0.4) is 0 Å². The van der Waals surface area contributed by atoms with Gasteiger partial charge in [0, 0.05) is 5.56 Å². The van der Waals surface area contributed by atoms with Crippen LogP contribution in [0.5, 0.6) is 5.75 Å².